The molecule has 4 rings (SSSR count). The second kappa shape index (κ2) is 9.45. The Hall–Kier alpha value is -3.67. The number of halogens is 3. The fourth-order valence-corrected chi connectivity index (χ4v) is 3.49. The van der Waals surface area contributed by atoms with E-state index < -0.39 is 12.7 Å². The maximum absolute atomic E-state index is 12.9. The van der Waals surface area contributed by atoms with Crippen molar-refractivity contribution in [2.45, 2.75) is 26.2 Å². The van der Waals surface area contributed by atoms with E-state index >= 15 is 0 Å². The van der Waals surface area contributed by atoms with Gasteiger partial charge in [0, 0.05) is 25.1 Å². The molecule has 0 aliphatic carbocycles. The van der Waals surface area contributed by atoms with Crippen LogP contribution in [0.2, 0.25) is 0 Å². The molecule has 0 atom stereocenters. The molecule has 3 aromatic rings. The molecular formula is C21H22F3N5O4. The lowest BCUT2D eigenvalue weighted by atomic mass is 10.1. The Kier molecular flexibility index (Phi) is 6.86. The number of anilines is 1. The predicted molar refractivity (Wildman–Crippen MR) is 112 cm³/mol. The molecule has 9 nitrogen and oxygen atoms in total. The van der Waals surface area contributed by atoms with Crippen molar-refractivity contribution in [2.75, 3.05) is 26.2 Å². The van der Waals surface area contributed by atoms with E-state index in [0.717, 1.165) is 11.8 Å². The Bertz CT molecular complexity index is 1160. The summed E-state index contributed by atoms with van der Waals surface area (Å²) in [5, 5.41) is 10.7. The van der Waals surface area contributed by atoms with Gasteiger partial charge in [0.05, 0.1) is 49.6 Å². The number of aliphatic hydroxyl groups is 1. The number of hydrogen-bond acceptors (Lipinski definition) is 7. The highest BCUT2D eigenvalue weighted by atomic mass is 19.4. The molecular weight excluding hydrogens is 443 g/mol. The van der Waals surface area contributed by atoms with Crippen LogP contribution in [-0.2, 0) is 13.1 Å². The first-order chi connectivity index (χ1) is 15.7. The average molecular weight is 465 g/mol. The van der Waals surface area contributed by atoms with Crippen molar-refractivity contribution in [3.63, 3.8) is 0 Å². The van der Waals surface area contributed by atoms with Crippen molar-refractivity contribution < 1.29 is 32.5 Å². The first kappa shape index (κ1) is 24.0. The minimum Gasteiger partial charge on any atom is -0.491 e. The molecule has 1 aliphatic heterocycles. The van der Waals surface area contributed by atoms with Crippen LogP contribution >= 0.6 is 0 Å². The van der Waals surface area contributed by atoms with Crippen LogP contribution in [0.1, 0.15) is 21.6 Å². The molecule has 0 spiro atoms. The second-order valence-electron chi connectivity index (χ2n) is 6.98. The summed E-state index contributed by atoms with van der Waals surface area (Å²) in [7, 11) is 3.99. The zero-order valence-electron chi connectivity index (χ0n) is 18.3. The van der Waals surface area contributed by atoms with Crippen LogP contribution in [0.25, 0.3) is 11.3 Å². The van der Waals surface area contributed by atoms with Gasteiger partial charge in [-0.2, -0.15) is 18.3 Å². The van der Waals surface area contributed by atoms with Gasteiger partial charge in [0.15, 0.2) is 5.75 Å². The largest absolute Gasteiger partial charge is 0.491 e. The molecule has 33 heavy (non-hydrogen) atoms. The predicted octanol–water partition coefficient (Wildman–Crippen LogP) is 3.00. The van der Waals surface area contributed by atoms with Crippen LogP contribution in [0, 0.1) is 6.92 Å². The van der Waals surface area contributed by atoms with Crippen molar-refractivity contribution >= 4 is 11.6 Å². The molecule has 0 saturated heterocycles. The number of aryl methyl sites for hydroxylation is 1. The summed E-state index contributed by atoms with van der Waals surface area (Å²) in [4.78, 5) is 23.1. The molecule has 1 N–H and O–H groups in total. The number of amides is 1. The summed E-state index contributed by atoms with van der Waals surface area (Å²) < 4.78 is 49.0. The third-order valence-electron chi connectivity index (χ3n) is 4.86. The number of nitrogens with zero attached hydrogens (tertiary/aromatic N) is 5. The summed E-state index contributed by atoms with van der Waals surface area (Å²) in [6.07, 6.45) is -0.372. The maximum atomic E-state index is 12.9. The van der Waals surface area contributed by atoms with Gasteiger partial charge in [-0.3, -0.25) is 19.4 Å². The zero-order chi connectivity index (χ0) is 24.3. The number of ether oxygens (including phenoxy) is 2. The summed E-state index contributed by atoms with van der Waals surface area (Å²) in [5.41, 5.74) is 3.20. The highest BCUT2D eigenvalue weighted by Crippen LogP contribution is 2.34. The smallest absolute Gasteiger partial charge is 0.408 e. The highest BCUT2D eigenvalue weighted by Gasteiger charge is 2.34. The quantitative estimate of drug-likeness (QED) is 0.618. The minimum absolute atomic E-state index is 0.126. The molecule has 0 fully saturated rings. The van der Waals surface area contributed by atoms with Gasteiger partial charge in [0.25, 0.3) is 11.8 Å². The molecule has 4 heterocycles. The monoisotopic (exact) mass is 465 g/mol. The summed E-state index contributed by atoms with van der Waals surface area (Å²) >= 11 is 0. The summed E-state index contributed by atoms with van der Waals surface area (Å²) in [5.74, 6) is 0.444. The molecule has 1 aliphatic rings. The first-order valence-corrected chi connectivity index (χ1v) is 9.65. The number of fused-ring (bicyclic) bond motifs is 1. The molecule has 0 bridgehead atoms. The van der Waals surface area contributed by atoms with Gasteiger partial charge in [-0.05, 0) is 24.6 Å². The van der Waals surface area contributed by atoms with Crippen LogP contribution in [0.15, 0.2) is 30.7 Å². The van der Waals surface area contributed by atoms with E-state index in [-0.39, 0.29) is 18.1 Å². The molecule has 0 radical (unpaired) electrons. The number of pyridine rings is 2. The number of aliphatic hydroxyl groups excluding tert-OH is 1. The summed E-state index contributed by atoms with van der Waals surface area (Å²) in [6, 6.07) is 3.49. The lowest BCUT2D eigenvalue weighted by molar-refractivity contribution is -0.142. The van der Waals surface area contributed by atoms with E-state index in [4.69, 9.17) is 14.6 Å². The number of carbonyl (C=O) groups is 1. The molecule has 3 aromatic heterocycles. The number of alkyl halides is 3. The third kappa shape index (κ3) is 4.90. The topological polar surface area (TPSA) is 103 Å². The third-order valence-corrected chi connectivity index (χ3v) is 4.86. The SMILES string of the molecule is CO.COc1cc(-c2cc(C)c3c(n2)CN(c2cnn(CC(F)(F)F)c2)C3=O)cnc1OC. The van der Waals surface area contributed by atoms with Gasteiger partial charge in [-0.1, -0.05) is 0 Å². The van der Waals surface area contributed by atoms with Crippen molar-refractivity contribution in [3.8, 4) is 22.9 Å². The number of carbonyl (C=O) groups excluding carboxylic acids is 1. The van der Waals surface area contributed by atoms with Crippen molar-refractivity contribution in [1.82, 2.24) is 19.7 Å². The van der Waals surface area contributed by atoms with Crippen LogP contribution in [0.4, 0.5) is 18.9 Å². The van der Waals surface area contributed by atoms with E-state index in [1.54, 1.807) is 25.3 Å². The normalized spacial score (nSPS) is 12.8. The Balaban J connectivity index is 0.00000149. The van der Waals surface area contributed by atoms with E-state index in [2.05, 4.69) is 15.1 Å². The summed E-state index contributed by atoms with van der Waals surface area (Å²) in [6.45, 7) is 0.684. The van der Waals surface area contributed by atoms with Crippen LogP contribution in [0.5, 0.6) is 11.6 Å². The fourth-order valence-electron chi connectivity index (χ4n) is 3.49. The van der Waals surface area contributed by atoms with Crippen LogP contribution in [-0.4, -0.2) is 58.3 Å². The first-order valence-electron chi connectivity index (χ1n) is 9.65. The number of hydrogen-bond donors (Lipinski definition) is 1. The molecule has 1 amide bonds. The number of rotatable bonds is 5. The average Bonchev–Trinajstić information content (AvgIpc) is 3.37. The Labute approximate surface area is 187 Å². The van der Waals surface area contributed by atoms with Crippen LogP contribution < -0.4 is 14.4 Å². The Morgan fingerprint density at radius 1 is 1.15 bits per heavy atom. The zero-order valence-corrected chi connectivity index (χ0v) is 18.3. The molecule has 0 aromatic carbocycles. The molecule has 0 unspecified atom stereocenters. The fraction of sp³-hybridized carbons (Fsp3) is 0.333. The van der Waals surface area contributed by atoms with Crippen molar-refractivity contribution in [2.24, 2.45) is 0 Å². The van der Waals surface area contributed by atoms with Gasteiger partial charge in [0.1, 0.15) is 6.54 Å². The van der Waals surface area contributed by atoms with E-state index in [1.807, 2.05) is 0 Å². The lowest BCUT2D eigenvalue weighted by Gasteiger charge is -2.12. The Morgan fingerprint density at radius 2 is 1.88 bits per heavy atom. The maximum Gasteiger partial charge on any atom is 0.408 e. The molecule has 176 valence electrons. The van der Waals surface area contributed by atoms with Crippen molar-refractivity contribution in [1.29, 1.82) is 0 Å². The van der Waals surface area contributed by atoms with Gasteiger partial charge in [-0.15, -0.1) is 0 Å². The van der Waals surface area contributed by atoms with E-state index in [1.165, 1.54) is 31.5 Å². The lowest BCUT2D eigenvalue weighted by Crippen LogP contribution is -2.23. The van der Waals surface area contributed by atoms with Gasteiger partial charge < -0.3 is 14.6 Å². The Morgan fingerprint density at radius 3 is 2.52 bits per heavy atom. The molecule has 0 saturated carbocycles. The van der Waals surface area contributed by atoms with Crippen LogP contribution in [0.3, 0.4) is 0 Å². The van der Waals surface area contributed by atoms with Gasteiger partial charge in [0.2, 0.25) is 0 Å². The minimum atomic E-state index is -4.40. The second-order valence-corrected chi connectivity index (χ2v) is 6.98. The van der Waals surface area contributed by atoms with Gasteiger partial charge >= 0.3 is 6.18 Å². The van der Waals surface area contributed by atoms with Gasteiger partial charge in [-0.25, -0.2) is 4.98 Å². The number of methoxy groups -OCH3 is 2. The highest BCUT2D eigenvalue weighted by molar-refractivity contribution is 6.10. The van der Waals surface area contributed by atoms with Crippen molar-refractivity contribution in [3.05, 3.63) is 47.5 Å². The molecule has 12 heteroatoms. The number of aromatic nitrogens is 4. The van der Waals surface area contributed by atoms with E-state index in [9.17, 15) is 18.0 Å². The standard InChI is InChI=1S/C20H18F3N5O3.CH4O/c1-11-4-14(12-5-16(30-2)18(31-3)24-6-12)26-15-9-28(19(29)17(11)15)13-7-25-27(8-13)10-20(21,22)23;1-2/h4-8H,9-10H2,1-3H3;2H,1H3. The van der Waals surface area contributed by atoms with E-state index in [0.29, 0.717) is 39.7 Å².